The standard InChI is InChI=1S/C14H15N3O3S3.C2HF3O2/c18-12(19)3-7-22-23-8-6-16-13(20)11-9-21-14(17-11)10-1-4-15-5-2-10;3-2(4,5)1(6)7/h1-2,4-5,9H,3,6-8H2,(H,16,20)(H,18,19);(H,6,7). The van der Waals surface area contributed by atoms with Crippen LogP contribution in [-0.2, 0) is 9.59 Å². The van der Waals surface area contributed by atoms with Crippen LogP contribution in [0.4, 0.5) is 13.2 Å². The lowest BCUT2D eigenvalue weighted by molar-refractivity contribution is -0.192. The SMILES string of the molecule is O=C(O)C(F)(F)F.O=C(O)CCSSCCNC(=O)c1csc(-c2ccncc2)n1. The molecule has 0 saturated heterocycles. The van der Waals surface area contributed by atoms with Crippen LogP contribution in [0.25, 0.3) is 10.6 Å². The van der Waals surface area contributed by atoms with Crippen molar-refractivity contribution in [3.05, 3.63) is 35.6 Å². The van der Waals surface area contributed by atoms with Crippen LogP contribution in [0.3, 0.4) is 0 Å². The third-order valence-electron chi connectivity index (χ3n) is 2.86. The number of amides is 1. The molecule has 0 aliphatic carbocycles. The van der Waals surface area contributed by atoms with Crippen LogP contribution in [0.5, 0.6) is 0 Å². The summed E-state index contributed by atoms with van der Waals surface area (Å²) in [5.41, 5.74) is 1.35. The number of halogens is 3. The molecule has 0 saturated carbocycles. The normalized spacial score (nSPS) is 10.6. The van der Waals surface area contributed by atoms with E-state index in [1.54, 1.807) is 28.6 Å². The van der Waals surface area contributed by atoms with Crippen molar-refractivity contribution in [1.29, 1.82) is 0 Å². The van der Waals surface area contributed by atoms with Gasteiger partial charge in [0.2, 0.25) is 0 Å². The van der Waals surface area contributed by atoms with Gasteiger partial charge in [0.15, 0.2) is 0 Å². The zero-order chi connectivity index (χ0) is 22.6. The van der Waals surface area contributed by atoms with Crippen LogP contribution in [0.1, 0.15) is 16.9 Å². The molecule has 0 aliphatic rings. The van der Waals surface area contributed by atoms with Crippen LogP contribution in [-0.4, -0.2) is 62.3 Å². The number of rotatable bonds is 9. The third-order valence-corrected chi connectivity index (χ3v) is 6.16. The van der Waals surface area contributed by atoms with Gasteiger partial charge in [0, 0.05) is 41.4 Å². The lowest BCUT2D eigenvalue weighted by Gasteiger charge is -2.02. The largest absolute Gasteiger partial charge is 0.490 e. The molecule has 0 unspecified atom stereocenters. The number of carboxylic acid groups (broad SMARTS) is 2. The van der Waals surface area contributed by atoms with Gasteiger partial charge < -0.3 is 15.5 Å². The molecule has 0 bridgehead atoms. The summed E-state index contributed by atoms with van der Waals surface area (Å²) in [6.45, 7) is 0.520. The van der Waals surface area contributed by atoms with Gasteiger partial charge in [0.25, 0.3) is 5.91 Å². The lowest BCUT2D eigenvalue weighted by atomic mass is 10.3. The number of thiazole rings is 1. The van der Waals surface area contributed by atoms with E-state index in [0.29, 0.717) is 18.0 Å². The number of aliphatic carboxylic acids is 2. The molecule has 2 aromatic rings. The molecule has 164 valence electrons. The topological polar surface area (TPSA) is 129 Å². The van der Waals surface area contributed by atoms with Crippen molar-refractivity contribution in [3.8, 4) is 10.6 Å². The summed E-state index contributed by atoms with van der Waals surface area (Å²) in [4.78, 5) is 39.5. The lowest BCUT2D eigenvalue weighted by Crippen LogP contribution is -2.25. The number of carbonyl (C=O) groups is 3. The number of hydrogen-bond acceptors (Lipinski definition) is 8. The van der Waals surface area contributed by atoms with Crippen LogP contribution in [0, 0.1) is 0 Å². The van der Waals surface area contributed by atoms with Crippen molar-refractivity contribution < 1.29 is 37.8 Å². The highest BCUT2D eigenvalue weighted by Crippen LogP contribution is 2.23. The second kappa shape index (κ2) is 13.1. The van der Waals surface area contributed by atoms with E-state index >= 15 is 0 Å². The molecule has 3 N–H and O–H groups in total. The summed E-state index contributed by atoms with van der Waals surface area (Å²) in [6.07, 6.45) is -1.55. The fraction of sp³-hybridized carbons (Fsp3) is 0.312. The second-order valence-corrected chi connectivity index (χ2v) is 8.68. The van der Waals surface area contributed by atoms with E-state index in [4.69, 9.17) is 15.0 Å². The molecule has 2 rings (SSSR count). The summed E-state index contributed by atoms with van der Waals surface area (Å²) in [6, 6.07) is 3.71. The van der Waals surface area contributed by atoms with Gasteiger partial charge in [-0.3, -0.25) is 14.6 Å². The molecule has 2 aromatic heterocycles. The van der Waals surface area contributed by atoms with Gasteiger partial charge in [-0.05, 0) is 12.1 Å². The Morgan fingerprint density at radius 1 is 1.10 bits per heavy atom. The second-order valence-electron chi connectivity index (χ2n) is 5.12. The molecule has 0 spiro atoms. The Morgan fingerprint density at radius 2 is 1.70 bits per heavy atom. The van der Waals surface area contributed by atoms with Crippen molar-refractivity contribution in [2.45, 2.75) is 12.6 Å². The Labute approximate surface area is 180 Å². The molecule has 1 amide bonds. The maximum Gasteiger partial charge on any atom is 0.490 e. The fourth-order valence-electron chi connectivity index (χ4n) is 1.55. The molecule has 14 heteroatoms. The van der Waals surface area contributed by atoms with Gasteiger partial charge in [0.05, 0.1) is 6.42 Å². The van der Waals surface area contributed by atoms with E-state index in [0.717, 1.165) is 16.3 Å². The smallest absolute Gasteiger partial charge is 0.481 e. The van der Waals surface area contributed by atoms with E-state index in [1.807, 2.05) is 12.1 Å². The maximum absolute atomic E-state index is 12.0. The van der Waals surface area contributed by atoms with Crippen LogP contribution >= 0.6 is 32.9 Å². The minimum Gasteiger partial charge on any atom is -0.481 e. The summed E-state index contributed by atoms with van der Waals surface area (Å²) >= 11 is 1.42. The van der Waals surface area contributed by atoms with Crippen LogP contribution < -0.4 is 5.32 Å². The van der Waals surface area contributed by atoms with E-state index in [1.165, 1.54) is 22.1 Å². The summed E-state index contributed by atoms with van der Waals surface area (Å²) < 4.78 is 31.7. The average Bonchev–Trinajstić information content (AvgIpc) is 3.17. The number of carboxylic acids is 2. The van der Waals surface area contributed by atoms with Gasteiger partial charge in [-0.1, -0.05) is 21.6 Å². The van der Waals surface area contributed by atoms with Gasteiger partial charge in [-0.2, -0.15) is 13.2 Å². The molecule has 2 heterocycles. The number of nitrogens with zero attached hydrogens (tertiary/aromatic N) is 2. The Kier molecular flexibility index (Phi) is 11.2. The Balaban J connectivity index is 0.000000553. The highest BCUT2D eigenvalue weighted by molar-refractivity contribution is 8.76. The first-order valence-electron chi connectivity index (χ1n) is 8.01. The van der Waals surface area contributed by atoms with E-state index < -0.39 is 18.1 Å². The summed E-state index contributed by atoms with van der Waals surface area (Å²) in [7, 11) is 3.04. The van der Waals surface area contributed by atoms with Gasteiger partial charge >= 0.3 is 18.1 Å². The predicted octanol–water partition coefficient (Wildman–Crippen LogP) is 3.42. The van der Waals surface area contributed by atoms with Crippen molar-refractivity contribution >= 4 is 50.8 Å². The number of alkyl halides is 3. The Hall–Kier alpha value is -2.32. The Bertz CT molecular complexity index is 834. The first-order chi connectivity index (χ1) is 14.1. The van der Waals surface area contributed by atoms with Gasteiger partial charge in [-0.15, -0.1) is 11.3 Å². The van der Waals surface area contributed by atoms with Gasteiger partial charge in [-0.25, -0.2) is 9.78 Å². The van der Waals surface area contributed by atoms with Crippen molar-refractivity contribution in [2.24, 2.45) is 0 Å². The average molecular weight is 484 g/mol. The molecule has 0 aliphatic heterocycles. The monoisotopic (exact) mass is 483 g/mol. The third kappa shape index (κ3) is 10.5. The molecule has 8 nitrogen and oxygen atoms in total. The van der Waals surface area contributed by atoms with Crippen LogP contribution in [0.2, 0.25) is 0 Å². The van der Waals surface area contributed by atoms with Crippen molar-refractivity contribution in [1.82, 2.24) is 15.3 Å². The minimum absolute atomic E-state index is 0.153. The number of pyridine rings is 1. The first-order valence-corrected chi connectivity index (χ1v) is 11.4. The predicted molar refractivity (Wildman–Crippen MR) is 109 cm³/mol. The number of nitrogens with one attached hydrogen (secondary N) is 1. The molecular weight excluding hydrogens is 467 g/mol. The van der Waals surface area contributed by atoms with Crippen LogP contribution in [0.15, 0.2) is 29.9 Å². The van der Waals surface area contributed by atoms with E-state index in [2.05, 4.69) is 15.3 Å². The van der Waals surface area contributed by atoms with Gasteiger partial charge in [0.1, 0.15) is 10.7 Å². The fourth-order valence-corrected chi connectivity index (χ4v) is 4.24. The number of aromatic nitrogens is 2. The molecule has 30 heavy (non-hydrogen) atoms. The summed E-state index contributed by atoms with van der Waals surface area (Å²) in [5, 5.41) is 21.0. The Morgan fingerprint density at radius 3 is 2.27 bits per heavy atom. The molecule has 0 atom stereocenters. The molecule has 0 radical (unpaired) electrons. The quantitative estimate of drug-likeness (QED) is 0.363. The zero-order valence-electron chi connectivity index (χ0n) is 15.1. The zero-order valence-corrected chi connectivity index (χ0v) is 17.5. The van der Waals surface area contributed by atoms with Crippen molar-refractivity contribution in [2.75, 3.05) is 18.1 Å². The first kappa shape index (κ1) is 25.7. The van der Waals surface area contributed by atoms with E-state index in [9.17, 15) is 22.8 Å². The number of carbonyl (C=O) groups excluding carboxylic acids is 1. The number of hydrogen-bond donors (Lipinski definition) is 3. The maximum atomic E-state index is 12.0. The minimum atomic E-state index is -5.08. The summed E-state index contributed by atoms with van der Waals surface area (Å²) in [5.74, 6) is -2.46. The highest BCUT2D eigenvalue weighted by Gasteiger charge is 2.38. The molecular formula is C16H16F3N3O5S3. The highest BCUT2D eigenvalue weighted by atomic mass is 33.1. The van der Waals surface area contributed by atoms with E-state index in [-0.39, 0.29) is 12.3 Å². The molecule has 0 fully saturated rings. The molecule has 0 aromatic carbocycles. The van der Waals surface area contributed by atoms with Crippen molar-refractivity contribution in [3.63, 3.8) is 0 Å².